The summed E-state index contributed by atoms with van der Waals surface area (Å²) in [5.74, 6) is -0.492. The Hall–Kier alpha value is -2.80. The minimum absolute atomic E-state index is 0.124. The number of pyridine rings is 2. The maximum Gasteiger partial charge on any atom is 0.271 e. The average molecular weight is 367 g/mol. The van der Waals surface area contributed by atoms with Gasteiger partial charge in [0.1, 0.15) is 16.0 Å². The first-order valence-corrected chi connectivity index (χ1v) is 9.18. The molecule has 5 rings (SSSR count). The fourth-order valence-corrected chi connectivity index (χ4v) is 4.32. The first kappa shape index (κ1) is 15.5. The third-order valence-corrected chi connectivity index (χ3v) is 5.73. The fraction of sp³-hybridized carbons (Fsp3) is 0.211. The zero-order chi connectivity index (χ0) is 18.0. The van der Waals surface area contributed by atoms with Gasteiger partial charge in [-0.3, -0.25) is 18.9 Å². The van der Waals surface area contributed by atoms with Crippen LogP contribution in [0.15, 0.2) is 40.1 Å². The van der Waals surface area contributed by atoms with E-state index >= 15 is 0 Å². The second-order valence-electron chi connectivity index (χ2n) is 6.68. The number of hydrogen-bond donors (Lipinski definition) is 1. The van der Waals surface area contributed by atoms with Crippen LogP contribution in [0.1, 0.15) is 24.6 Å². The van der Waals surface area contributed by atoms with Crippen LogP contribution in [0.3, 0.4) is 0 Å². The molecule has 0 unspecified atom stereocenters. The second kappa shape index (κ2) is 5.35. The topological polar surface area (TPSA) is 67.8 Å². The third kappa shape index (κ3) is 2.17. The van der Waals surface area contributed by atoms with Crippen molar-refractivity contribution in [1.82, 2.24) is 13.9 Å². The number of nitrogens with zero attached hydrogens (tertiary/aromatic N) is 2. The smallest absolute Gasteiger partial charge is 0.271 e. The molecule has 3 heterocycles. The van der Waals surface area contributed by atoms with E-state index in [0.29, 0.717) is 21.5 Å². The minimum atomic E-state index is -0.492. The number of aryl methyl sites for hydroxylation is 1. The van der Waals surface area contributed by atoms with Crippen molar-refractivity contribution in [1.29, 1.82) is 0 Å². The quantitative estimate of drug-likeness (QED) is 0.587. The van der Waals surface area contributed by atoms with E-state index in [1.54, 1.807) is 12.3 Å². The van der Waals surface area contributed by atoms with Crippen LogP contribution in [0.25, 0.3) is 32.2 Å². The lowest BCUT2D eigenvalue weighted by atomic mass is 10.0. The highest BCUT2D eigenvalue weighted by Gasteiger charge is 2.29. The van der Waals surface area contributed by atoms with E-state index in [4.69, 9.17) is 0 Å². The number of aromatic amines is 1. The highest BCUT2D eigenvalue weighted by molar-refractivity contribution is 7.12. The first-order valence-electron chi connectivity index (χ1n) is 8.36. The molecule has 0 bridgehead atoms. The van der Waals surface area contributed by atoms with Gasteiger partial charge in [0.2, 0.25) is 5.43 Å². The summed E-state index contributed by atoms with van der Waals surface area (Å²) in [5, 5.41) is 0.369. The Morgan fingerprint density at radius 3 is 2.77 bits per heavy atom. The zero-order valence-corrected chi connectivity index (χ0v) is 14.7. The predicted molar refractivity (Wildman–Crippen MR) is 100 cm³/mol. The summed E-state index contributed by atoms with van der Waals surface area (Å²) in [7, 11) is 0. The van der Waals surface area contributed by atoms with E-state index in [2.05, 4.69) is 9.36 Å². The van der Waals surface area contributed by atoms with Crippen LogP contribution in [0.2, 0.25) is 0 Å². The van der Waals surface area contributed by atoms with E-state index in [9.17, 15) is 14.0 Å². The molecule has 1 saturated carbocycles. The van der Waals surface area contributed by atoms with Crippen molar-refractivity contribution in [3.05, 3.63) is 62.6 Å². The summed E-state index contributed by atoms with van der Waals surface area (Å²) in [5.41, 5.74) is 1.76. The van der Waals surface area contributed by atoms with E-state index in [0.717, 1.165) is 18.5 Å². The van der Waals surface area contributed by atoms with Crippen LogP contribution in [-0.4, -0.2) is 13.9 Å². The molecule has 130 valence electrons. The van der Waals surface area contributed by atoms with Gasteiger partial charge in [0.05, 0.1) is 5.52 Å². The first-order chi connectivity index (χ1) is 12.5. The minimum Gasteiger partial charge on any atom is -0.328 e. The van der Waals surface area contributed by atoms with Crippen LogP contribution in [0.4, 0.5) is 4.39 Å². The lowest BCUT2D eigenvalue weighted by Gasteiger charge is -2.13. The number of rotatable bonds is 2. The van der Waals surface area contributed by atoms with Crippen molar-refractivity contribution < 1.29 is 4.39 Å². The van der Waals surface area contributed by atoms with Crippen molar-refractivity contribution in [2.24, 2.45) is 0 Å². The Kier molecular flexibility index (Phi) is 3.18. The Bertz CT molecular complexity index is 1300. The second-order valence-corrected chi connectivity index (χ2v) is 7.48. The molecule has 7 heteroatoms. The van der Waals surface area contributed by atoms with E-state index in [-0.39, 0.29) is 16.8 Å². The molecule has 0 aliphatic heterocycles. The molecule has 0 amide bonds. The Morgan fingerprint density at radius 2 is 2.08 bits per heavy atom. The summed E-state index contributed by atoms with van der Waals surface area (Å²) in [6, 6.07) is 6.84. The van der Waals surface area contributed by atoms with E-state index in [1.165, 1.54) is 17.6 Å². The van der Waals surface area contributed by atoms with Gasteiger partial charge < -0.3 is 4.57 Å². The summed E-state index contributed by atoms with van der Waals surface area (Å²) < 4.78 is 19.5. The van der Waals surface area contributed by atoms with Crippen LogP contribution < -0.4 is 11.0 Å². The molecule has 1 N–H and O–H groups in total. The summed E-state index contributed by atoms with van der Waals surface area (Å²) in [6.07, 6.45) is 3.60. The normalized spacial score (nSPS) is 14.4. The molecule has 5 nitrogen and oxygen atoms in total. The number of halogens is 1. The standard InChI is InChI=1S/C19H14FN3O2S/c1-9-2-3-10(8-21-9)12-7-15-13(6-14(12)20)17(24)16-18(25)22-26-19(16)23(15)11-4-5-11/h2-3,6-8,11H,4-5H2,1H3,(H,22,25). The van der Waals surface area contributed by atoms with Gasteiger partial charge in [-0.05, 0) is 49.5 Å². The molecule has 26 heavy (non-hydrogen) atoms. The summed E-state index contributed by atoms with van der Waals surface area (Å²) >= 11 is 1.17. The molecule has 1 aromatic carbocycles. The predicted octanol–water partition coefficient (Wildman–Crippen LogP) is 3.75. The summed E-state index contributed by atoms with van der Waals surface area (Å²) in [4.78, 5) is 29.8. The highest BCUT2D eigenvalue weighted by atomic mass is 32.1. The van der Waals surface area contributed by atoms with Gasteiger partial charge in [-0.1, -0.05) is 6.07 Å². The van der Waals surface area contributed by atoms with Gasteiger partial charge in [-0.15, -0.1) is 0 Å². The molecule has 1 fully saturated rings. The number of fused-ring (bicyclic) bond motifs is 2. The molecule has 0 atom stereocenters. The largest absolute Gasteiger partial charge is 0.328 e. The van der Waals surface area contributed by atoms with E-state index < -0.39 is 16.8 Å². The number of nitrogens with one attached hydrogen (secondary N) is 1. The lowest BCUT2D eigenvalue weighted by molar-refractivity contribution is 0.632. The Labute approximate surface area is 150 Å². The van der Waals surface area contributed by atoms with Gasteiger partial charge in [-0.25, -0.2) is 4.39 Å². The molecule has 0 spiro atoms. The van der Waals surface area contributed by atoms with Crippen molar-refractivity contribution in [2.75, 3.05) is 0 Å². The third-order valence-electron chi connectivity index (χ3n) is 4.85. The van der Waals surface area contributed by atoms with Crippen molar-refractivity contribution in [2.45, 2.75) is 25.8 Å². The molecule has 1 aliphatic rings. The van der Waals surface area contributed by atoms with Gasteiger partial charge in [0.25, 0.3) is 5.56 Å². The van der Waals surface area contributed by atoms with Crippen molar-refractivity contribution in [3.8, 4) is 11.1 Å². The van der Waals surface area contributed by atoms with E-state index in [1.807, 2.05) is 23.6 Å². The zero-order valence-electron chi connectivity index (χ0n) is 13.9. The molecule has 3 aromatic heterocycles. The number of aromatic nitrogens is 3. The Morgan fingerprint density at radius 1 is 1.27 bits per heavy atom. The Balaban J connectivity index is 1.92. The average Bonchev–Trinajstić information content (AvgIpc) is 3.39. The van der Waals surface area contributed by atoms with Crippen molar-refractivity contribution >= 4 is 32.7 Å². The SMILES string of the molecule is Cc1ccc(-c2cc3c(cc2F)c(=O)c2c(=O)[nH]sc2n3C2CC2)cn1. The van der Waals surface area contributed by atoms with Gasteiger partial charge in [0.15, 0.2) is 0 Å². The molecular formula is C19H14FN3O2S. The number of H-pyrrole nitrogens is 1. The van der Waals surface area contributed by atoms with Crippen LogP contribution >= 0.6 is 11.5 Å². The number of hydrogen-bond acceptors (Lipinski definition) is 4. The monoisotopic (exact) mass is 367 g/mol. The molecule has 0 saturated heterocycles. The fourth-order valence-electron chi connectivity index (χ4n) is 3.39. The van der Waals surface area contributed by atoms with Gasteiger partial charge >= 0.3 is 0 Å². The van der Waals surface area contributed by atoms with Crippen LogP contribution in [0.5, 0.6) is 0 Å². The highest BCUT2D eigenvalue weighted by Crippen LogP contribution is 2.40. The van der Waals surface area contributed by atoms with Crippen molar-refractivity contribution in [3.63, 3.8) is 0 Å². The lowest BCUT2D eigenvalue weighted by Crippen LogP contribution is -2.15. The maximum atomic E-state index is 14.8. The van der Waals surface area contributed by atoms with Gasteiger partial charge in [-0.2, -0.15) is 0 Å². The van der Waals surface area contributed by atoms with Gasteiger partial charge in [0, 0.05) is 34.4 Å². The molecular weight excluding hydrogens is 353 g/mol. The van der Waals surface area contributed by atoms with Crippen LogP contribution in [-0.2, 0) is 0 Å². The van der Waals surface area contributed by atoms with Crippen LogP contribution in [0, 0.1) is 12.7 Å². The summed E-state index contributed by atoms with van der Waals surface area (Å²) in [6.45, 7) is 1.87. The molecule has 1 aliphatic carbocycles. The number of benzene rings is 1. The molecule has 0 radical (unpaired) electrons. The maximum absolute atomic E-state index is 14.8. The molecule has 4 aromatic rings.